The van der Waals surface area contributed by atoms with E-state index in [0.29, 0.717) is 30.8 Å². The summed E-state index contributed by atoms with van der Waals surface area (Å²) in [4.78, 5) is 12.3. The zero-order chi connectivity index (χ0) is 15.6. The maximum absolute atomic E-state index is 12.3. The van der Waals surface area contributed by atoms with Crippen molar-refractivity contribution in [3.63, 3.8) is 0 Å². The van der Waals surface area contributed by atoms with Crippen molar-refractivity contribution in [2.45, 2.75) is 26.2 Å². The molecule has 1 aromatic rings. The number of anilines is 1. The summed E-state index contributed by atoms with van der Waals surface area (Å²) in [6, 6.07) is 5.33. The summed E-state index contributed by atoms with van der Waals surface area (Å²) in [5.41, 5.74) is 8.00. The van der Waals surface area contributed by atoms with E-state index in [1.165, 1.54) is 10.6 Å². The van der Waals surface area contributed by atoms with E-state index < -0.39 is 10.0 Å². The maximum Gasteiger partial charge on any atom is 0.211 e. The summed E-state index contributed by atoms with van der Waals surface area (Å²) < 4.78 is 24.7. The number of piperidine rings is 1. The molecule has 0 bridgehead atoms. The number of hydrogen-bond donors (Lipinski definition) is 1. The molecular weight excluding hydrogens is 288 g/mol. The van der Waals surface area contributed by atoms with Crippen LogP contribution in [-0.2, 0) is 10.0 Å². The normalized spacial score (nSPS) is 20.4. The predicted molar refractivity (Wildman–Crippen MR) is 83.7 cm³/mol. The number of nitrogens with zero attached hydrogens (tertiary/aromatic N) is 1. The van der Waals surface area contributed by atoms with Crippen LogP contribution in [0.4, 0.5) is 5.69 Å². The van der Waals surface area contributed by atoms with Crippen LogP contribution < -0.4 is 5.73 Å². The molecule has 21 heavy (non-hydrogen) atoms. The van der Waals surface area contributed by atoms with Crippen molar-refractivity contribution in [1.82, 2.24) is 4.31 Å². The van der Waals surface area contributed by atoms with Gasteiger partial charge in [0.1, 0.15) is 0 Å². The summed E-state index contributed by atoms with van der Waals surface area (Å²) in [5.74, 6) is 0.116. The number of nitrogens with two attached hydrogens (primary N) is 1. The smallest absolute Gasteiger partial charge is 0.211 e. The number of hydrogen-bond acceptors (Lipinski definition) is 4. The number of Topliss-reactive ketones (excluding diaryl/α,β-unsaturated/α-hetero) is 1. The minimum Gasteiger partial charge on any atom is -0.398 e. The first-order chi connectivity index (χ1) is 9.77. The first-order valence-electron chi connectivity index (χ1n) is 7.12. The van der Waals surface area contributed by atoms with Gasteiger partial charge in [0.05, 0.1) is 6.26 Å². The van der Waals surface area contributed by atoms with E-state index in [1.807, 2.05) is 13.0 Å². The van der Waals surface area contributed by atoms with Gasteiger partial charge >= 0.3 is 0 Å². The van der Waals surface area contributed by atoms with Crippen molar-refractivity contribution in [3.05, 3.63) is 29.3 Å². The number of sulfonamides is 1. The van der Waals surface area contributed by atoms with Crippen molar-refractivity contribution < 1.29 is 13.2 Å². The number of nitrogen functional groups attached to an aromatic ring is 1. The Kier molecular flexibility index (Phi) is 4.68. The average molecular weight is 310 g/mol. The molecule has 0 aromatic heterocycles. The summed E-state index contributed by atoms with van der Waals surface area (Å²) in [7, 11) is -3.17. The number of aryl methyl sites for hydroxylation is 1. The Morgan fingerprint density at radius 1 is 1.43 bits per heavy atom. The van der Waals surface area contributed by atoms with E-state index in [0.717, 1.165) is 18.4 Å². The van der Waals surface area contributed by atoms with Crippen molar-refractivity contribution >= 4 is 21.5 Å². The topological polar surface area (TPSA) is 80.5 Å². The SMILES string of the molecule is Cc1ccc(C(=O)CC2CCCN(S(C)(=O)=O)C2)cc1N. The summed E-state index contributed by atoms with van der Waals surface area (Å²) in [6.07, 6.45) is 3.28. The first-order valence-corrected chi connectivity index (χ1v) is 8.96. The molecule has 6 heteroatoms. The Balaban J connectivity index is 2.03. The first kappa shape index (κ1) is 16.0. The predicted octanol–water partition coefficient (Wildman–Crippen LogP) is 1.82. The Hall–Kier alpha value is -1.40. The highest BCUT2D eigenvalue weighted by atomic mass is 32.2. The Bertz CT molecular complexity index is 640. The molecule has 5 nitrogen and oxygen atoms in total. The third-order valence-electron chi connectivity index (χ3n) is 4.03. The van der Waals surface area contributed by atoms with Gasteiger partial charge in [0, 0.05) is 30.8 Å². The van der Waals surface area contributed by atoms with Crippen LogP contribution in [0.3, 0.4) is 0 Å². The molecule has 1 heterocycles. The number of ketones is 1. The minimum atomic E-state index is -3.17. The van der Waals surface area contributed by atoms with Crippen molar-refractivity contribution in [3.8, 4) is 0 Å². The fraction of sp³-hybridized carbons (Fsp3) is 0.533. The largest absolute Gasteiger partial charge is 0.398 e. The molecule has 1 aliphatic heterocycles. The van der Waals surface area contributed by atoms with Gasteiger partial charge in [0.15, 0.2) is 5.78 Å². The lowest BCUT2D eigenvalue weighted by Gasteiger charge is -2.30. The zero-order valence-electron chi connectivity index (χ0n) is 12.5. The van der Waals surface area contributed by atoms with Crippen molar-refractivity contribution in [1.29, 1.82) is 0 Å². The number of rotatable bonds is 4. The lowest BCUT2D eigenvalue weighted by molar-refractivity contribution is 0.0942. The summed E-state index contributed by atoms with van der Waals surface area (Å²) >= 11 is 0. The van der Waals surface area contributed by atoms with Crippen molar-refractivity contribution in [2.75, 3.05) is 25.1 Å². The molecule has 1 atom stereocenters. The highest BCUT2D eigenvalue weighted by molar-refractivity contribution is 7.88. The second-order valence-corrected chi connectivity index (χ2v) is 7.81. The standard InChI is InChI=1S/C15H22N2O3S/c1-11-5-6-13(9-14(11)16)15(18)8-12-4-3-7-17(10-12)21(2,19)20/h5-6,9,12H,3-4,7-8,10,16H2,1-2H3. The highest BCUT2D eigenvalue weighted by Gasteiger charge is 2.27. The molecule has 0 saturated carbocycles. The molecule has 1 fully saturated rings. The summed E-state index contributed by atoms with van der Waals surface area (Å²) in [6.45, 7) is 2.89. The van der Waals surface area contributed by atoms with Crippen LogP contribution in [0.2, 0.25) is 0 Å². The molecule has 1 unspecified atom stereocenters. The molecule has 1 aromatic carbocycles. The number of benzene rings is 1. The molecule has 0 radical (unpaired) electrons. The van der Waals surface area contributed by atoms with E-state index in [1.54, 1.807) is 12.1 Å². The third-order valence-corrected chi connectivity index (χ3v) is 5.30. The van der Waals surface area contributed by atoms with E-state index in [4.69, 9.17) is 5.73 Å². The second kappa shape index (κ2) is 6.15. The molecular formula is C15H22N2O3S. The fourth-order valence-corrected chi connectivity index (χ4v) is 3.63. The van der Waals surface area contributed by atoms with Gasteiger partial charge in [-0.2, -0.15) is 0 Å². The van der Waals surface area contributed by atoms with Crippen LogP contribution in [0.15, 0.2) is 18.2 Å². The lowest BCUT2D eigenvalue weighted by atomic mass is 9.91. The fourth-order valence-electron chi connectivity index (χ4n) is 2.69. The van der Waals surface area contributed by atoms with Gasteiger partial charge in [0.25, 0.3) is 0 Å². The van der Waals surface area contributed by atoms with E-state index >= 15 is 0 Å². The zero-order valence-corrected chi connectivity index (χ0v) is 13.3. The number of carbonyl (C=O) groups excluding carboxylic acids is 1. The minimum absolute atomic E-state index is 0.0297. The van der Waals surface area contributed by atoms with Crippen LogP contribution in [0.25, 0.3) is 0 Å². The third kappa shape index (κ3) is 4.04. The van der Waals surface area contributed by atoms with Gasteiger partial charge in [0.2, 0.25) is 10.0 Å². The van der Waals surface area contributed by atoms with E-state index in [-0.39, 0.29) is 11.7 Å². The molecule has 2 N–H and O–H groups in total. The molecule has 0 aliphatic carbocycles. The highest BCUT2D eigenvalue weighted by Crippen LogP contribution is 2.24. The van der Waals surface area contributed by atoms with E-state index in [2.05, 4.69) is 0 Å². The van der Waals surface area contributed by atoms with Crippen LogP contribution in [-0.4, -0.2) is 37.9 Å². The van der Waals surface area contributed by atoms with Crippen LogP contribution in [0.5, 0.6) is 0 Å². The summed E-state index contributed by atoms with van der Waals surface area (Å²) in [5, 5.41) is 0. The molecule has 0 spiro atoms. The number of carbonyl (C=O) groups is 1. The average Bonchev–Trinajstić information content (AvgIpc) is 2.41. The maximum atomic E-state index is 12.3. The van der Waals surface area contributed by atoms with Crippen molar-refractivity contribution in [2.24, 2.45) is 5.92 Å². The molecule has 1 saturated heterocycles. The van der Waals surface area contributed by atoms with Crippen LogP contribution in [0.1, 0.15) is 35.2 Å². The monoisotopic (exact) mass is 310 g/mol. The van der Waals surface area contributed by atoms with Gasteiger partial charge < -0.3 is 5.73 Å². The quantitative estimate of drug-likeness (QED) is 0.679. The van der Waals surface area contributed by atoms with Gasteiger partial charge in [-0.05, 0) is 37.3 Å². The van der Waals surface area contributed by atoms with Gasteiger partial charge in [-0.25, -0.2) is 12.7 Å². The Morgan fingerprint density at radius 3 is 2.76 bits per heavy atom. The molecule has 1 aliphatic rings. The molecule has 2 rings (SSSR count). The Morgan fingerprint density at radius 2 is 2.14 bits per heavy atom. The molecule has 0 amide bonds. The van der Waals surface area contributed by atoms with Crippen LogP contribution >= 0.6 is 0 Å². The Labute approximate surface area is 126 Å². The van der Waals surface area contributed by atoms with Crippen LogP contribution in [0, 0.1) is 12.8 Å². The van der Waals surface area contributed by atoms with E-state index in [9.17, 15) is 13.2 Å². The van der Waals surface area contributed by atoms with Gasteiger partial charge in [-0.3, -0.25) is 4.79 Å². The van der Waals surface area contributed by atoms with Gasteiger partial charge in [-0.1, -0.05) is 12.1 Å². The second-order valence-electron chi connectivity index (χ2n) is 5.83. The molecule has 116 valence electrons. The lowest BCUT2D eigenvalue weighted by Crippen LogP contribution is -2.39. The van der Waals surface area contributed by atoms with Gasteiger partial charge in [-0.15, -0.1) is 0 Å².